The number of aliphatic carboxylic acids is 1. The number of carbonyl (C=O) groups is 2. The summed E-state index contributed by atoms with van der Waals surface area (Å²) < 4.78 is 10.1. The van der Waals surface area contributed by atoms with Crippen LogP contribution >= 0.6 is 7.80 Å². The summed E-state index contributed by atoms with van der Waals surface area (Å²) >= 11 is 0. The van der Waals surface area contributed by atoms with Crippen molar-refractivity contribution in [2.75, 3.05) is 6.16 Å². The maximum atomic E-state index is 10.1. The molecule has 0 saturated carbocycles. The number of carboxylic acids is 1. The molecule has 1 atom stereocenters. The highest BCUT2D eigenvalue weighted by molar-refractivity contribution is 7.63. The van der Waals surface area contributed by atoms with Crippen molar-refractivity contribution in [2.45, 2.75) is 0 Å². The Labute approximate surface area is 51.1 Å². The second kappa shape index (κ2) is 3.14. The predicted octanol–water partition coefficient (Wildman–Crippen LogP) is 0.576. The largest absolute Gasteiger partial charge is 0.553 e. The van der Waals surface area contributed by atoms with Gasteiger partial charge in [-0.25, -0.2) is 4.79 Å². The second-order valence-corrected chi connectivity index (χ2v) is 2.67. The van der Waals surface area contributed by atoms with E-state index < -0.39 is 25.6 Å². The van der Waals surface area contributed by atoms with E-state index in [-0.39, 0.29) is 0 Å². The summed E-state index contributed by atoms with van der Waals surface area (Å²) in [6, 6.07) is 0. The molecule has 0 radical (unpaired) electrons. The Morgan fingerprint density at radius 1 is 1.33 bits per heavy atom. The van der Waals surface area contributed by atoms with Crippen LogP contribution < -0.4 is 0 Å². The smallest absolute Gasteiger partial charge is 0.478 e. The van der Waals surface area contributed by atoms with Crippen LogP contribution in [0.2, 0.25) is 0 Å². The topological polar surface area (TPSA) is 91.7 Å². The van der Waals surface area contributed by atoms with Gasteiger partial charge in [0.1, 0.15) is 0 Å². The molecular formula is C3H4O5P+. The van der Waals surface area contributed by atoms with Gasteiger partial charge >= 0.3 is 19.5 Å². The summed E-state index contributed by atoms with van der Waals surface area (Å²) in [6.07, 6.45) is -0.801. The summed E-state index contributed by atoms with van der Waals surface area (Å²) in [6.45, 7) is 0. The molecule has 0 bridgehead atoms. The zero-order valence-corrected chi connectivity index (χ0v) is 5.17. The van der Waals surface area contributed by atoms with E-state index in [0.29, 0.717) is 0 Å². The molecule has 0 fully saturated rings. The highest BCUT2D eigenvalue weighted by Gasteiger charge is 2.30. The Morgan fingerprint density at radius 2 is 1.78 bits per heavy atom. The standard InChI is InChI=1S/C3H3O5P/c4-2(5)1-9(8)3(6)7/h1H2,(H-,4,5,6,7)/p+1. The Morgan fingerprint density at radius 3 is 1.89 bits per heavy atom. The molecule has 6 heteroatoms. The van der Waals surface area contributed by atoms with Gasteiger partial charge in [0.25, 0.3) is 6.16 Å². The highest BCUT2D eigenvalue weighted by Crippen LogP contribution is 2.19. The fraction of sp³-hybridized carbons (Fsp3) is 0.333. The molecule has 9 heavy (non-hydrogen) atoms. The zero-order chi connectivity index (χ0) is 7.44. The van der Waals surface area contributed by atoms with Crippen molar-refractivity contribution in [1.82, 2.24) is 0 Å². The minimum atomic E-state index is -2.61. The van der Waals surface area contributed by atoms with Crippen LogP contribution in [0.15, 0.2) is 0 Å². The molecule has 0 aliphatic rings. The molecule has 5 nitrogen and oxygen atoms in total. The van der Waals surface area contributed by atoms with Crippen LogP contribution in [0.1, 0.15) is 0 Å². The second-order valence-electron chi connectivity index (χ2n) is 1.21. The van der Waals surface area contributed by atoms with Crippen LogP contribution in [0.25, 0.3) is 0 Å². The Hall–Kier alpha value is -0.960. The lowest BCUT2D eigenvalue weighted by molar-refractivity contribution is -0.134. The molecule has 0 saturated heterocycles. The molecule has 0 spiro atoms. The van der Waals surface area contributed by atoms with E-state index in [1.165, 1.54) is 0 Å². The average molecular weight is 151 g/mol. The molecule has 50 valence electrons. The van der Waals surface area contributed by atoms with Crippen molar-refractivity contribution >= 4 is 19.5 Å². The van der Waals surface area contributed by atoms with Gasteiger partial charge in [-0.1, -0.05) is 4.57 Å². The third-order valence-corrected chi connectivity index (χ3v) is 1.48. The summed E-state index contributed by atoms with van der Waals surface area (Å²) in [7, 11) is -2.61. The van der Waals surface area contributed by atoms with Crippen molar-refractivity contribution in [3.05, 3.63) is 0 Å². The first kappa shape index (κ1) is 8.04. The van der Waals surface area contributed by atoms with Crippen LogP contribution in [0.5, 0.6) is 0 Å². The first-order valence-corrected chi connectivity index (χ1v) is 3.38. The van der Waals surface area contributed by atoms with Gasteiger partial charge in [0.05, 0.1) is 0 Å². The molecule has 0 aliphatic heterocycles. The van der Waals surface area contributed by atoms with Gasteiger partial charge in [-0.2, -0.15) is 4.79 Å². The third-order valence-electron chi connectivity index (χ3n) is 0.492. The van der Waals surface area contributed by atoms with E-state index in [1.807, 2.05) is 0 Å². The normalized spacial score (nSPS) is 10.4. The lowest BCUT2D eigenvalue weighted by Gasteiger charge is -1.73. The van der Waals surface area contributed by atoms with Gasteiger partial charge < -0.3 is 10.2 Å². The number of carboxylic acid groups (broad SMARTS) is 2. The molecular weight excluding hydrogens is 147 g/mol. The molecule has 0 aromatic heterocycles. The molecule has 1 unspecified atom stereocenters. The number of hydrogen-bond acceptors (Lipinski definition) is 3. The van der Waals surface area contributed by atoms with Crippen LogP contribution in [0.4, 0.5) is 4.79 Å². The van der Waals surface area contributed by atoms with Gasteiger partial charge in [0, 0.05) is 0 Å². The zero-order valence-electron chi connectivity index (χ0n) is 4.27. The number of hydrogen-bond donors (Lipinski definition) is 2. The van der Waals surface area contributed by atoms with Crippen molar-refractivity contribution in [3.63, 3.8) is 0 Å². The van der Waals surface area contributed by atoms with Crippen LogP contribution in [0, 0.1) is 0 Å². The maximum Gasteiger partial charge on any atom is 0.553 e. The highest BCUT2D eigenvalue weighted by atomic mass is 31.1. The van der Waals surface area contributed by atoms with Gasteiger partial charge in [0.15, 0.2) is 0 Å². The SMILES string of the molecule is O=C(O)C[P+](=O)C(=O)O. The summed E-state index contributed by atoms with van der Waals surface area (Å²) in [4.78, 5) is 19.4. The first-order valence-electron chi connectivity index (χ1n) is 1.93. The Bertz CT molecular complexity index is 162. The monoisotopic (exact) mass is 151 g/mol. The van der Waals surface area contributed by atoms with E-state index in [4.69, 9.17) is 10.2 Å². The lowest BCUT2D eigenvalue weighted by Crippen LogP contribution is -2.00. The van der Waals surface area contributed by atoms with E-state index in [1.54, 1.807) is 0 Å². The molecule has 0 aromatic rings. The van der Waals surface area contributed by atoms with Crippen molar-refractivity contribution in [3.8, 4) is 0 Å². The van der Waals surface area contributed by atoms with Gasteiger partial charge in [-0.3, -0.25) is 0 Å². The van der Waals surface area contributed by atoms with E-state index in [0.717, 1.165) is 0 Å². The molecule has 0 aromatic carbocycles. The molecule has 0 aliphatic carbocycles. The molecule has 2 N–H and O–H groups in total. The Kier molecular flexibility index (Phi) is 2.81. The summed E-state index contributed by atoms with van der Waals surface area (Å²) in [5, 5.41) is 15.8. The predicted molar refractivity (Wildman–Crippen MR) is 28.1 cm³/mol. The Balaban J connectivity index is 3.79. The first-order chi connectivity index (χ1) is 4.04. The molecule has 0 rings (SSSR count). The fourth-order valence-corrected chi connectivity index (χ4v) is 0.571. The van der Waals surface area contributed by atoms with Crippen LogP contribution in [-0.2, 0) is 9.36 Å². The van der Waals surface area contributed by atoms with E-state index in [2.05, 4.69) is 0 Å². The minimum absolute atomic E-state index is 0.801. The summed E-state index contributed by atoms with van der Waals surface area (Å²) in [5.74, 6) is -1.36. The van der Waals surface area contributed by atoms with Gasteiger partial charge in [0.2, 0.25) is 0 Å². The fourth-order valence-electron chi connectivity index (χ4n) is 0.190. The lowest BCUT2D eigenvalue weighted by atomic mass is 10.8. The number of rotatable bonds is 3. The van der Waals surface area contributed by atoms with Gasteiger partial charge in [-0.15, -0.1) is 0 Å². The summed E-state index contributed by atoms with van der Waals surface area (Å²) in [5.41, 5.74) is -1.56. The molecule has 0 heterocycles. The third kappa shape index (κ3) is 3.61. The quantitative estimate of drug-likeness (QED) is 0.575. The van der Waals surface area contributed by atoms with Crippen molar-refractivity contribution < 1.29 is 24.4 Å². The van der Waals surface area contributed by atoms with Crippen LogP contribution in [0.3, 0.4) is 0 Å². The maximum absolute atomic E-state index is 10.1. The van der Waals surface area contributed by atoms with E-state index in [9.17, 15) is 14.2 Å². The van der Waals surface area contributed by atoms with Crippen molar-refractivity contribution in [2.24, 2.45) is 0 Å². The molecule has 0 amide bonds. The van der Waals surface area contributed by atoms with Gasteiger partial charge in [-0.05, 0) is 0 Å². The van der Waals surface area contributed by atoms with Crippen LogP contribution in [-0.4, -0.2) is 28.1 Å². The minimum Gasteiger partial charge on any atom is -0.478 e. The van der Waals surface area contributed by atoms with E-state index >= 15 is 0 Å². The average Bonchev–Trinajstić information content (AvgIpc) is 1.63. The van der Waals surface area contributed by atoms with Crippen molar-refractivity contribution in [1.29, 1.82) is 0 Å².